The van der Waals surface area contributed by atoms with Crippen LogP contribution >= 0.6 is 11.6 Å². The smallest absolute Gasteiger partial charge is 0.268 e. The van der Waals surface area contributed by atoms with E-state index in [9.17, 15) is 17.6 Å². The minimum atomic E-state index is -4.42. The highest BCUT2D eigenvalue weighted by atomic mass is 35.5. The largest absolute Gasteiger partial charge is 0.476 e. The van der Waals surface area contributed by atoms with Crippen LogP contribution in [-0.2, 0) is 10.0 Å². The number of ether oxygens (including phenoxy) is 1. The van der Waals surface area contributed by atoms with E-state index >= 15 is 0 Å². The van der Waals surface area contributed by atoms with Gasteiger partial charge in [-0.05, 0) is 37.1 Å². The second-order valence-electron chi connectivity index (χ2n) is 7.57. The van der Waals surface area contributed by atoms with Crippen molar-refractivity contribution in [2.45, 2.75) is 24.7 Å². The van der Waals surface area contributed by atoms with Crippen molar-refractivity contribution < 1.29 is 22.3 Å². The van der Waals surface area contributed by atoms with E-state index in [-0.39, 0.29) is 16.1 Å². The molecule has 3 aromatic rings. The number of hydrogen-bond acceptors (Lipinski definition) is 6. The van der Waals surface area contributed by atoms with Crippen LogP contribution in [-0.4, -0.2) is 35.7 Å². The van der Waals surface area contributed by atoms with Crippen LogP contribution in [0.25, 0.3) is 5.82 Å². The summed E-state index contributed by atoms with van der Waals surface area (Å²) in [5, 5.41) is 4.04. The number of hydrogen-bond donors (Lipinski definition) is 1. The van der Waals surface area contributed by atoms with Gasteiger partial charge in [-0.15, -0.1) is 5.10 Å². The Hall–Kier alpha value is -2.98. The van der Waals surface area contributed by atoms with Gasteiger partial charge in [0.05, 0.1) is 12.2 Å². The zero-order chi connectivity index (χ0) is 22.2. The standard InChI is InChI=1S/C20H18ClFN4O4S/c1-20(9-10-20)12-30-17-8-11-26(24-17)16-7-6-13(18(21)23-16)19(27)25-31(28,29)15-5-3-2-4-14(15)22/h2-8,11H,9-10,12H2,1H3,(H,25,27). The summed E-state index contributed by atoms with van der Waals surface area (Å²) in [6.45, 7) is 2.72. The van der Waals surface area contributed by atoms with E-state index < -0.39 is 26.6 Å². The van der Waals surface area contributed by atoms with Crippen molar-refractivity contribution in [3.8, 4) is 11.7 Å². The molecule has 4 rings (SSSR count). The second kappa shape index (κ2) is 7.93. The molecule has 1 saturated carbocycles. The van der Waals surface area contributed by atoms with E-state index in [1.54, 1.807) is 17.0 Å². The molecule has 1 amide bonds. The minimum absolute atomic E-state index is 0.185. The summed E-state index contributed by atoms with van der Waals surface area (Å²) >= 11 is 6.10. The maximum Gasteiger partial charge on any atom is 0.268 e. The van der Waals surface area contributed by atoms with Gasteiger partial charge in [0.1, 0.15) is 15.9 Å². The molecule has 2 heterocycles. The lowest BCUT2D eigenvalue weighted by molar-refractivity contribution is 0.0981. The van der Waals surface area contributed by atoms with Gasteiger partial charge in [-0.1, -0.05) is 30.7 Å². The van der Waals surface area contributed by atoms with Gasteiger partial charge in [-0.3, -0.25) is 4.79 Å². The van der Waals surface area contributed by atoms with Gasteiger partial charge in [-0.2, -0.15) is 0 Å². The molecule has 0 atom stereocenters. The van der Waals surface area contributed by atoms with Crippen molar-refractivity contribution >= 4 is 27.5 Å². The van der Waals surface area contributed by atoms with Gasteiger partial charge in [0.15, 0.2) is 5.82 Å². The fourth-order valence-electron chi connectivity index (χ4n) is 2.73. The van der Waals surface area contributed by atoms with Gasteiger partial charge in [0.2, 0.25) is 5.88 Å². The number of benzene rings is 1. The van der Waals surface area contributed by atoms with Crippen molar-refractivity contribution in [2.75, 3.05) is 6.61 Å². The number of carbonyl (C=O) groups is 1. The SMILES string of the molecule is CC1(COc2ccn(-c3ccc(C(=O)NS(=O)(=O)c4ccccc4F)c(Cl)n3)n2)CC1. The van der Waals surface area contributed by atoms with E-state index in [1.807, 2.05) is 0 Å². The molecule has 11 heteroatoms. The molecule has 0 radical (unpaired) electrons. The van der Waals surface area contributed by atoms with Crippen molar-refractivity contribution in [1.29, 1.82) is 0 Å². The maximum atomic E-state index is 13.8. The van der Waals surface area contributed by atoms with E-state index in [2.05, 4.69) is 17.0 Å². The Balaban J connectivity index is 1.49. The van der Waals surface area contributed by atoms with Gasteiger partial charge < -0.3 is 4.74 Å². The molecular weight excluding hydrogens is 447 g/mol. The molecule has 31 heavy (non-hydrogen) atoms. The molecule has 162 valence electrons. The van der Waals surface area contributed by atoms with E-state index in [4.69, 9.17) is 16.3 Å². The molecule has 0 bridgehead atoms. The van der Waals surface area contributed by atoms with Gasteiger partial charge in [0, 0.05) is 17.7 Å². The van der Waals surface area contributed by atoms with Crippen LogP contribution in [0.15, 0.2) is 53.6 Å². The van der Waals surface area contributed by atoms with Crippen LogP contribution in [0.5, 0.6) is 5.88 Å². The highest BCUT2D eigenvalue weighted by Crippen LogP contribution is 2.44. The summed E-state index contributed by atoms with van der Waals surface area (Å²) in [5.41, 5.74) is 0.0270. The predicted octanol–water partition coefficient (Wildman–Crippen LogP) is 3.36. The lowest BCUT2D eigenvalue weighted by Gasteiger charge is -2.09. The highest BCUT2D eigenvalue weighted by molar-refractivity contribution is 7.90. The average molecular weight is 465 g/mol. The van der Waals surface area contributed by atoms with Crippen molar-refractivity contribution in [3.05, 3.63) is 65.2 Å². The van der Waals surface area contributed by atoms with Gasteiger partial charge >= 0.3 is 0 Å². The third-order valence-corrected chi connectivity index (χ3v) is 6.56. The number of nitrogens with zero attached hydrogens (tertiary/aromatic N) is 3. The first kappa shape index (κ1) is 21.3. The molecule has 2 aromatic heterocycles. The first-order valence-electron chi connectivity index (χ1n) is 9.34. The molecule has 0 aliphatic heterocycles. The summed E-state index contributed by atoms with van der Waals surface area (Å²) < 4.78 is 47.3. The normalized spacial score (nSPS) is 14.8. The number of aromatic nitrogens is 3. The summed E-state index contributed by atoms with van der Waals surface area (Å²) in [5.74, 6) is -1.26. The average Bonchev–Trinajstić information content (AvgIpc) is 3.26. The number of pyridine rings is 1. The predicted molar refractivity (Wildman–Crippen MR) is 110 cm³/mol. The Bertz CT molecular complexity index is 1260. The van der Waals surface area contributed by atoms with E-state index in [0.29, 0.717) is 18.3 Å². The lowest BCUT2D eigenvalue weighted by Crippen LogP contribution is -2.31. The fourth-order valence-corrected chi connectivity index (χ4v) is 4.02. The van der Waals surface area contributed by atoms with E-state index in [0.717, 1.165) is 25.0 Å². The zero-order valence-electron chi connectivity index (χ0n) is 16.4. The summed E-state index contributed by atoms with van der Waals surface area (Å²) in [7, 11) is -4.42. The molecule has 0 saturated heterocycles. The summed E-state index contributed by atoms with van der Waals surface area (Å²) in [4.78, 5) is 15.9. The van der Waals surface area contributed by atoms with Crippen molar-refractivity contribution in [1.82, 2.24) is 19.5 Å². The Kier molecular flexibility index (Phi) is 5.44. The zero-order valence-corrected chi connectivity index (χ0v) is 18.0. The number of rotatable bonds is 7. The quantitative estimate of drug-likeness (QED) is 0.538. The molecule has 1 aliphatic carbocycles. The Labute approximate surface area is 183 Å². The molecule has 1 aliphatic rings. The summed E-state index contributed by atoms with van der Waals surface area (Å²) in [6.07, 6.45) is 3.88. The van der Waals surface area contributed by atoms with E-state index in [1.165, 1.54) is 28.9 Å². The monoisotopic (exact) mass is 464 g/mol. The van der Waals surface area contributed by atoms with Crippen LogP contribution in [0.3, 0.4) is 0 Å². The first-order chi connectivity index (χ1) is 14.7. The second-order valence-corrected chi connectivity index (χ2v) is 9.58. The number of nitrogens with one attached hydrogen (secondary N) is 1. The minimum Gasteiger partial charge on any atom is -0.476 e. The molecule has 0 unspecified atom stereocenters. The van der Waals surface area contributed by atoms with Crippen molar-refractivity contribution in [3.63, 3.8) is 0 Å². The Morgan fingerprint density at radius 3 is 2.68 bits per heavy atom. The molecule has 1 aromatic carbocycles. The van der Waals surface area contributed by atoms with Crippen LogP contribution in [0.2, 0.25) is 5.15 Å². The Morgan fingerprint density at radius 2 is 2.00 bits per heavy atom. The van der Waals surface area contributed by atoms with Crippen LogP contribution < -0.4 is 9.46 Å². The van der Waals surface area contributed by atoms with Crippen LogP contribution in [0, 0.1) is 11.2 Å². The molecule has 8 nitrogen and oxygen atoms in total. The summed E-state index contributed by atoms with van der Waals surface area (Å²) in [6, 6.07) is 9.17. The topological polar surface area (TPSA) is 103 Å². The van der Waals surface area contributed by atoms with Gasteiger partial charge in [-0.25, -0.2) is 27.2 Å². The van der Waals surface area contributed by atoms with Crippen LogP contribution in [0.1, 0.15) is 30.1 Å². The number of sulfonamides is 1. The first-order valence-corrected chi connectivity index (χ1v) is 11.2. The molecule has 1 N–H and O–H groups in total. The number of halogens is 2. The molecule has 0 spiro atoms. The third kappa shape index (κ3) is 4.70. The Morgan fingerprint density at radius 1 is 1.26 bits per heavy atom. The highest BCUT2D eigenvalue weighted by Gasteiger charge is 2.38. The lowest BCUT2D eigenvalue weighted by atomic mass is 10.2. The van der Waals surface area contributed by atoms with Gasteiger partial charge in [0.25, 0.3) is 15.9 Å². The third-order valence-electron chi connectivity index (χ3n) is 4.90. The fraction of sp³-hybridized carbons (Fsp3) is 0.250. The number of carbonyl (C=O) groups excluding carboxylic acids is 1. The molecular formula is C20H18ClFN4O4S. The molecule has 1 fully saturated rings. The van der Waals surface area contributed by atoms with Crippen molar-refractivity contribution in [2.24, 2.45) is 5.41 Å². The van der Waals surface area contributed by atoms with Crippen LogP contribution in [0.4, 0.5) is 4.39 Å². The maximum absolute atomic E-state index is 13.8. The number of amides is 1.